The molecule has 0 radical (unpaired) electrons. The number of allylic oxidation sites excluding steroid dienone is 5. The fraction of sp³-hybridized carbons (Fsp3) is 0.233. The highest BCUT2D eigenvalue weighted by Gasteiger charge is 2.45. The highest BCUT2D eigenvalue weighted by Crippen LogP contribution is 2.44. The molecule has 186 valence electrons. The fourth-order valence-electron chi connectivity index (χ4n) is 4.84. The number of benzene rings is 3. The zero-order valence-corrected chi connectivity index (χ0v) is 21.6. The van der Waals surface area contributed by atoms with Gasteiger partial charge in [-0.3, -0.25) is 4.55 Å². The van der Waals surface area contributed by atoms with Crippen molar-refractivity contribution in [2.24, 2.45) is 0 Å². The standard InChI is InChI=1S/C30H32N2O3S/c1-30(2)28(18-8-3-4-11-21-31-25-15-6-5-7-16-25)32(22-12-13-23-36(33,34)35)27-20-19-24-14-9-10-17-26(24)29(27)30/h3-11,14-21H,12-13,22-23H2,1-2H3,(H,33,34,35)/p+1. The Balaban J connectivity index is 1.57. The van der Waals surface area contributed by atoms with E-state index < -0.39 is 10.1 Å². The van der Waals surface area contributed by atoms with Crippen molar-refractivity contribution in [3.8, 4) is 0 Å². The summed E-state index contributed by atoms with van der Waals surface area (Å²) in [6, 6.07) is 22.7. The van der Waals surface area contributed by atoms with Gasteiger partial charge in [0.1, 0.15) is 6.54 Å². The van der Waals surface area contributed by atoms with Crippen LogP contribution in [-0.4, -0.2) is 35.6 Å². The van der Waals surface area contributed by atoms with Crippen LogP contribution in [0.5, 0.6) is 0 Å². The first-order chi connectivity index (χ1) is 17.3. The fourth-order valence-corrected chi connectivity index (χ4v) is 5.41. The average Bonchev–Trinajstić information content (AvgIpc) is 3.07. The molecule has 0 bridgehead atoms. The topological polar surface area (TPSA) is 69.4 Å². The number of fused-ring (bicyclic) bond motifs is 3. The van der Waals surface area contributed by atoms with Gasteiger partial charge in [-0.05, 0) is 55.3 Å². The van der Waals surface area contributed by atoms with Gasteiger partial charge in [0.15, 0.2) is 5.71 Å². The molecule has 0 aromatic heterocycles. The minimum Gasteiger partial charge on any atom is -0.362 e. The lowest BCUT2D eigenvalue weighted by atomic mass is 9.79. The molecule has 0 saturated carbocycles. The molecule has 0 fully saturated rings. The second-order valence-electron chi connectivity index (χ2n) is 9.45. The van der Waals surface area contributed by atoms with E-state index in [-0.39, 0.29) is 11.2 Å². The maximum atomic E-state index is 11.2. The third-order valence-electron chi connectivity index (χ3n) is 6.50. The number of hydrogen-bond acceptors (Lipinski definition) is 3. The highest BCUT2D eigenvalue weighted by molar-refractivity contribution is 7.85. The van der Waals surface area contributed by atoms with Crippen LogP contribution in [0.3, 0.4) is 0 Å². The summed E-state index contributed by atoms with van der Waals surface area (Å²) in [5.74, 6) is -0.216. The van der Waals surface area contributed by atoms with E-state index in [9.17, 15) is 8.42 Å². The van der Waals surface area contributed by atoms with Crippen LogP contribution in [-0.2, 0) is 15.5 Å². The molecule has 3 aromatic rings. The Bertz CT molecular complexity index is 1450. The van der Waals surface area contributed by atoms with E-state index in [1.165, 1.54) is 16.3 Å². The molecule has 5 nitrogen and oxygen atoms in total. The van der Waals surface area contributed by atoms with Crippen molar-refractivity contribution in [3.05, 3.63) is 109 Å². The molecule has 0 spiro atoms. The van der Waals surface area contributed by atoms with Gasteiger partial charge in [-0.1, -0.05) is 60.7 Å². The van der Waals surface area contributed by atoms with Crippen LogP contribution in [0.2, 0.25) is 0 Å². The molecule has 3 aromatic carbocycles. The number of nitrogens with one attached hydrogen (secondary N) is 1. The molecular formula is C30H33N2O3S+. The number of anilines is 1. The Labute approximate surface area is 213 Å². The van der Waals surface area contributed by atoms with Crippen molar-refractivity contribution < 1.29 is 17.5 Å². The molecule has 0 saturated heterocycles. The zero-order chi connectivity index (χ0) is 25.6. The van der Waals surface area contributed by atoms with Crippen LogP contribution in [0.15, 0.2) is 103 Å². The third kappa shape index (κ3) is 6.01. The van der Waals surface area contributed by atoms with Gasteiger partial charge < -0.3 is 5.32 Å². The van der Waals surface area contributed by atoms with Crippen LogP contribution in [0.4, 0.5) is 11.4 Å². The van der Waals surface area contributed by atoms with E-state index in [2.05, 4.69) is 66.2 Å². The molecular weight excluding hydrogens is 468 g/mol. The summed E-state index contributed by atoms with van der Waals surface area (Å²) in [7, 11) is -3.95. The van der Waals surface area contributed by atoms with Gasteiger partial charge in [-0.2, -0.15) is 13.0 Å². The van der Waals surface area contributed by atoms with Crippen LogP contribution < -0.4 is 5.32 Å². The molecule has 36 heavy (non-hydrogen) atoms. The average molecular weight is 502 g/mol. The van der Waals surface area contributed by atoms with E-state index in [1.807, 2.05) is 60.8 Å². The Hall–Kier alpha value is -3.48. The quantitative estimate of drug-likeness (QED) is 0.142. The normalized spacial score (nSPS) is 15.5. The summed E-state index contributed by atoms with van der Waals surface area (Å²) >= 11 is 0. The lowest BCUT2D eigenvalue weighted by Gasteiger charge is -2.17. The molecule has 4 rings (SSSR count). The number of rotatable bonds is 10. The van der Waals surface area contributed by atoms with Crippen molar-refractivity contribution in [1.82, 2.24) is 0 Å². The zero-order valence-electron chi connectivity index (χ0n) is 20.8. The van der Waals surface area contributed by atoms with Crippen molar-refractivity contribution in [1.29, 1.82) is 0 Å². The lowest BCUT2D eigenvalue weighted by Crippen LogP contribution is -2.28. The molecule has 0 aliphatic carbocycles. The molecule has 1 heterocycles. The van der Waals surface area contributed by atoms with Gasteiger partial charge in [-0.15, -0.1) is 0 Å². The third-order valence-corrected chi connectivity index (χ3v) is 7.30. The largest absolute Gasteiger partial charge is 0.362 e. The molecule has 0 amide bonds. The van der Waals surface area contributed by atoms with Crippen molar-refractivity contribution in [3.63, 3.8) is 0 Å². The van der Waals surface area contributed by atoms with Gasteiger partial charge in [-0.25, -0.2) is 0 Å². The second kappa shape index (κ2) is 11.1. The maximum absolute atomic E-state index is 11.2. The van der Waals surface area contributed by atoms with Gasteiger partial charge in [0, 0.05) is 36.0 Å². The van der Waals surface area contributed by atoms with Gasteiger partial charge in [0.2, 0.25) is 5.69 Å². The van der Waals surface area contributed by atoms with Gasteiger partial charge in [0.05, 0.1) is 11.2 Å². The summed E-state index contributed by atoms with van der Waals surface area (Å²) in [5, 5.41) is 5.67. The minimum absolute atomic E-state index is 0.216. The Morgan fingerprint density at radius 1 is 0.889 bits per heavy atom. The monoisotopic (exact) mass is 501 g/mol. The molecule has 6 heteroatoms. The van der Waals surface area contributed by atoms with E-state index in [0.717, 1.165) is 17.1 Å². The van der Waals surface area contributed by atoms with E-state index in [4.69, 9.17) is 4.55 Å². The summed E-state index contributed by atoms with van der Waals surface area (Å²) in [4.78, 5) is 0. The van der Waals surface area contributed by atoms with E-state index in [0.29, 0.717) is 19.4 Å². The van der Waals surface area contributed by atoms with Crippen molar-refractivity contribution in [2.75, 3.05) is 17.6 Å². The Morgan fingerprint density at radius 3 is 2.39 bits per heavy atom. The summed E-state index contributed by atoms with van der Waals surface area (Å²) in [6.45, 7) is 5.15. The predicted octanol–water partition coefficient (Wildman–Crippen LogP) is 6.62. The molecule has 0 atom stereocenters. The smallest absolute Gasteiger partial charge is 0.264 e. The molecule has 2 N–H and O–H groups in total. The number of hydrogen-bond donors (Lipinski definition) is 2. The van der Waals surface area contributed by atoms with E-state index >= 15 is 0 Å². The minimum atomic E-state index is -3.95. The first-order valence-electron chi connectivity index (χ1n) is 12.2. The molecule has 0 unspecified atom stereocenters. The molecule has 1 aliphatic heterocycles. The van der Waals surface area contributed by atoms with Crippen molar-refractivity contribution >= 4 is 38.0 Å². The number of nitrogens with zero attached hydrogens (tertiary/aromatic N) is 1. The maximum Gasteiger partial charge on any atom is 0.264 e. The summed E-state index contributed by atoms with van der Waals surface area (Å²) in [5.41, 5.74) is 4.41. The predicted molar refractivity (Wildman–Crippen MR) is 150 cm³/mol. The summed E-state index contributed by atoms with van der Waals surface area (Å²) < 4.78 is 33.8. The van der Waals surface area contributed by atoms with E-state index in [1.54, 1.807) is 0 Å². The van der Waals surface area contributed by atoms with Crippen LogP contribution >= 0.6 is 0 Å². The second-order valence-corrected chi connectivity index (χ2v) is 11.0. The number of para-hydroxylation sites is 1. The highest BCUT2D eigenvalue weighted by atomic mass is 32.2. The molecule has 1 aliphatic rings. The Morgan fingerprint density at radius 2 is 1.61 bits per heavy atom. The summed E-state index contributed by atoms with van der Waals surface area (Å²) in [6.07, 6.45) is 13.1. The van der Waals surface area contributed by atoms with Crippen LogP contribution in [0, 0.1) is 0 Å². The van der Waals surface area contributed by atoms with Crippen LogP contribution in [0.25, 0.3) is 10.8 Å². The van der Waals surface area contributed by atoms with Gasteiger partial charge >= 0.3 is 0 Å². The first kappa shape index (κ1) is 25.6. The van der Waals surface area contributed by atoms with Gasteiger partial charge in [0.25, 0.3) is 10.1 Å². The van der Waals surface area contributed by atoms with Crippen molar-refractivity contribution in [2.45, 2.75) is 32.1 Å². The first-order valence-corrected chi connectivity index (χ1v) is 13.8. The SMILES string of the molecule is CC1(C)C(/C=C/C=C/C=C/Nc2ccccc2)=[N+](CCCCS(=O)(=O)O)c2ccc3ccccc3c21. The number of unbranched alkanes of at least 4 members (excludes halogenated alkanes) is 1. The Kier molecular flexibility index (Phi) is 7.87. The lowest BCUT2D eigenvalue weighted by molar-refractivity contribution is -0.438. The van der Waals surface area contributed by atoms with Crippen LogP contribution in [0.1, 0.15) is 32.3 Å².